The first-order chi connectivity index (χ1) is 15.0. The van der Waals surface area contributed by atoms with Gasteiger partial charge in [0.2, 0.25) is 5.95 Å². The molecule has 0 saturated carbocycles. The normalized spacial score (nSPS) is 11.2. The molecule has 3 heterocycles. The van der Waals surface area contributed by atoms with Crippen LogP contribution in [0.4, 0.5) is 0 Å². The average molecular weight is 406 g/mol. The smallest absolute Gasteiger partial charge is 0.215 e. The molecule has 0 aliphatic heterocycles. The summed E-state index contributed by atoms with van der Waals surface area (Å²) in [5.74, 6) is 0.880. The SMILES string of the molecule is Cc1ccc(C)n1-c1nc2c(-c3cnn(C)c3-c3ccccc3C#N)cccc2n1C. The monoisotopic (exact) mass is 406 g/mol. The first-order valence-corrected chi connectivity index (χ1v) is 10.1. The van der Waals surface area contributed by atoms with Crippen molar-refractivity contribution in [2.24, 2.45) is 14.1 Å². The van der Waals surface area contributed by atoms with E-state index in [0.29, 0.717) is 5.56 Å². The fourth-order valence-corrected chi connectivity index (χ4v) is 4.34. The van der Waals surface area contributed by atoms with E-state index in [1.165, 1.54) is 0 Å². The van der Waals surface area contributed by atoms with Gasteiger partial charge in [0.15, 0.2) is 0 Å². The van der Waals surface area contributed by atoms with Crippen molar-refractivity contribution in [3.05, 3.63) is 77.7 Å². The molecule has 0 unspecified atom stereocenters. The highest BCUT2D eigenvalue weighted by atomic mass is 15.3. The van der Waals surface area contributed by atoms with Crippen LogP contribution in [0.15, 0.2) is 60.8 Å². The third-order valence-corrected chi connectivity index (χ3v) is 5.89. The third kappa shape index (κ3) is 2.78. The molecule has 6 heteroatoms. The van der Waals surface area contributed by atoms with Crippen molar-refractivity contribution in [2.45, 2.75) is 13.8 Å². The second-order valence-electron chi connectivity index (χ2n) is 7.78. The van der Waals surface area contributed by atoms with Gasteiger partial charge in [-0.05, 0) is 38.1 Å². The first kappa shape index (κ1) is 18.9. The lowest BCUT2D eigenvalue weighted by Gasteiger charge is -2.09. The summed E-state index contributed by atoms with van der Waals surface area (Å²) in [5.41, 5.74) is 8.60. The Hall–Kier alpha value is -4.11. The molecule has 0 saturated heterocycles. The highest BCUT2D eigenvalue weighted by molar-refractivity contribution is 5.97. The van der Waals surface area contributed by atoms with Crippen molar-refractivity contribution in [2.75, 3.05) is 0 Å². The lowest BCUT2D eigenvalue weighted by Crippen LogP contribution is -2.06. The number of imidazole rings is 1. The molecule has 0 radical (unpaired) electrons. The van der Waals surface area contributed by atoms with Crippen LogP contribution in [-0.4, -0.2) is 23.9 Å². The van der Waals surface area contributed by atoms with Crippen molar-refractivity contribution >= 4 is 11.0 Å². The molecule has 6 nitrogen and oxygen atoms in total. The van der Waals surface area contributed by atoms with Gasteiger partial charge >= 0.3 is 0 Å². The van der Waals surface area contributed by atoms with Crippen LogP contribution in [0.3, 0.4) is 0 Å². The van der Waals surface area contributed by atoms with E-state index < -0.39 is 0 Å². The largest absolute Gasteiger partial charge is 0.313 e. The van der Waals surface area contributed by atoms with Crippen LogP contribution in [0.1, 0.15) is 17.0 Å². The topological polar surface area (TPSA) is 64.4 Å². The van der Waals surface area contributed by atoms with Gasteiger partial charge in [-0.2, -0.15) is 10.4 Å². The second kappa shape index (κ2) is 6.99. The van der Waals surface area contributed by atoms with Gasteiger partial charge in [-0.1, -0.05) is 30.3 Å². The maximum absolute atomic E-state index is 9.64. The molecule has 0 aliphatic carbocycles. The van der Waals surface area contributed by atoms with E-state index in [4.69, 9.17) is 4.98 Å². The second-order valence-corrected chi connectivity index (χ2v) is 7.78. The van der Waals surface area contributed by atoms with Crippen molar-refractivity contribution in [1.29, 1.82) is 5.26 Å². The number of fused-ring (bicyclic) bond motifs is 1. The summed E-state index contributed by atoms with van der Waals surface area (Å²) in [6.45, 7) is 4.18. The summed E-state index contributed by atoms with van der Waals surface area (Å²) < 4.78 is 6.12. The number of nitrogens with zero attached hydrogens (tertiary/aromatic N) is 6. The Morgan fingerprint density at radius 2 is 1.55 bits per heavy atom. The van der Waals surface area contributed by atoms with Gasteiger partial charge in [0.25, 0.3) is 0 Å². The molecule has 0 amide bonds. The molecule has 0 N–H and O–H groups in total. The molecule has 0 aliphatic rings. The fraction of sp³-hybridized carbons (Fsp3) is 0.160. The summed E-state index contributed by atoms with van der Waals surface area (Å²) >= 11 is 0. The number of rotatable bonds is 3. The van der Waals surface area contributed by atoms with E-state index >= 15 is 0 Å². The number of hydrogen-bond acceptors (Lipinski definition) is 3. The highest BCUT2D eigenvalue weighted by Crippen LogP contribution is 2.37. The van der Waals surface area contributed by atoms with Crippen LogP contribution >= 0.6 is 0 Å². The van der Waals surface area contributed by atoms with E-state index in [1.807, 2.05) is 55.3 Å². The molecule has 5 aromatic rings. The van der Waals surface area contributed by atoms with Crippen molar-refractivity contribution < 1.29 is 0 Å². The summed E-state index contributed by atoms with van der Waals surface area (Å²) in [7, 11) is 3.95. The van der Waals surface area contributed by atoms with Crippen molar-refractivity contribution in [1.82, 2.24) is 23.9 Å². The average Bonchev–Trinajstić information content (AvgIpc) is 3.43. The van der Waals surface area contributed by atoms with E-state index in [-0.39, 0.29) is 0 Å². The van der Waals surface area contributed by atoms with Gasteiger partial charge in [0.05, 0.1) is 34.6 Å². The number of benzene rings is 2. The quantitative estimate of drug-likeness (QED) is 0.427. The van der Waals surface area contributed by atoms with Gasteiger partial charge in [-0.3, -0.25) is 9.25 Å². The standard InChI is InChI=1S/C25H22N6/c1-16-12-13-17(2)31(16)25-28-23-20(10-7-11-22(23)29(25)3)21-15-27-30(4)24(21)19-9-6-5-8-18(19)14-26/h5-13,15H,1-4H3. The van der Waals surface area contributed by atoms with Gasteiger partial charge in [-0.15, -0.1) is 0 Å². The van der Waals surface area contributed by atoms with E-state index in [2.05, 4.69) is 58.4 Å². The molecule has 0 bridgehead atoms. The maximum Gasteiger partial charge on any atom is 0.215 e. The van der Waals surface area contributed by atoms with Crippen LogP contribution in [0.25, 0.3) is 39.4 Å². The lowest BCUT2D eigenvalue weighted by atomic mass is 9.97. The highest BCUT2D eigenvalue weighted by Gasteiger charge is 2.21. The molecule has 0 fully saturated rings. The molecule has 152 valence electrons. The zero-order chi connectivity index (χ0) is 21.7. The maximum atomic E-state index is 9.64. The molecule has 31 heavy (non-hydrogen) atoms. The Balaban J connectivity index is 1.79. The minimum atomic E-state index is 0.625. The van der Waals surface area contributed by atoms with Crippen molar-refractivity contribution in [3.63, 3.8) is 0 Å². The van der Waals surface area contributed by atoms with Crippen LogP contribution < -0.4 is 0 Å². The zero-order valence-electron chi connectivity index (χ0n) is 18.0. The van der Waals surface area contributed by atoms with E-state index in [0.717, 1.165) is 50.8 Å². The van der Waals surface area contributed by atoms with Crippen LogP contribution in [-0.2, 0) is 14.1 Å². The van der Waals surface area contributed by atoms with Gasteiger partial charge in [0.1, 0.15) is 0 Å². The fourth-order valence-electron chi connectivity index (χ4n) is 4.34. The number of hydrogen-bond donors (Lipinski definition) is 0. The minimum absolute atomic E-state index is 0.625. The number of nitriles is 1. The number of para-hydroxylation sites is 1. The third-order valence-electron chi connectivity index (χ3n) is 5.89. The molecule has 5 rings (SSSR count). The summed E-state index contributed by atoms with van der Waals surface area (Å²) in [6.07, 6.45) is 1.86. The predicted molar refractivity (Wildman–Crippen MR) is 122 cm³/mol. The molecule has 0 atom stereocenters. The summed E-state index contributed by atoms with van der Waals surface area (Å²) in [5, 5.41) is 14.2. The Morgan fingerprint density at radius 1 is 0.839 bits per heavy atom. The Kier molecular flexibility index (Phi) is 4.26. The van der Waals surface area contributed by atoms with Gasteiger partial charge in [0, 0.05) is 42.2 Å². The molecular weight excluding hydrogens is 384 g/mol. The van der Waals surface area contributed by atoms with Gasteiger partial charge < -0.3 is 4.57 Å². The molecule has 2 aromatic carbocycles. The zero-order valence-corrected chi connectivity index (χ0v) is 18.0. The summed E-state index contributed by atoms with van der Waals surface area (Å²) in [4.78, 5) is 5.06. The molecular formula is C25H22N6. The Morgan fingerprint density at radius 3 is 2.29 bits per heavy atom. The molecule has 3 aromatic heterocycles. The Labute approximate surface area is 180 Å². The van der Waals surface area contributed by atoms with Crippen LogP contribution in [0, 0.1) is 25.2 Å². The summed E-state index contributed by atoms with van der Waals surface area (Å²) in [6, 6.07) is 20.4. The van der Waals surface area contributed by atoms with Gasteiger partial charge in [-0.25, -0.2) is 4.98 Å². The molecule has 0 spiro atoms. The first-order valence-electron chi connectivity index (χ1n) is 10.1. The van der Waals surface area contributed by atoms with Crippen LogP contribution in [0.5, 0.6) is 0 Å². The van der Waals surface area contributed by atoms with Crippen molar-refractivity contribution in [3.8, 4) is 34.4 Å². The van der Waals surface area contributed by atoms with E-state index in [1.54, 1.807) is 0 Å². The number of aryl methyl sites for hydroxylation is 4. The number of aromatic nitrogens is 5. The predicted octanol–water partition coefficient (Wildman–Crippen LogP) is 4.92. The lowest BCUT2D eigenvalue weighted by molar-refractivity contribution is 0.776. The van der Waals surface area contributed by atoms with Crippen LogP contribution in [0.2, 0.25) is 0 Å². The Bertz CT molecular complexity index is 1470. The minimum Gasteiger partial charge on any atom is -0.313 e. The van der Waals surface area contributed by atoms with E-state index in [9.17, 15) is 5.26 Å².